The number of hydrogen-bond donors (Lipinski definition) is 3. The highest BCUT2D eigenvalue weighted by atomic mass is 19.1. The molecule has 2 aromatic rings. The molecule has 0 unspecified atom stereocenters. The topological polar surface area (TPSA) is 79.5 Å². The third kappa shape index (κ3) is 4.07. The quantitative estimate of drug-likeness (QED) is 0.600. The fraction of sp³-hybridized carbons (Fsp3) is 0.417. The first-order chi connectivity index (χ1) is 15.4. The van der Waals surface area contributed by atoms with Crippen LogP contribution in [0.1, 0.15) is 49.1 Å². The summed E-state index contributed by atoms with van der Waals surface area (Å²) in [7, 11) is 0. The maximum atomic E-state index is 14.6. The Balaban J connectivity index is 1.22. The van der Waals surface area contributed by atoms with Gasteiger partial charge in [-0.05, 0) is 43.7 Å². The first kappa shape index (κ1) is 20.9. The lowest BCUT2D eigenvalue weighted by molar-refractivity contribution is -0.125. The van der Waals surface area contributed by atoms with E-state index in [1.54, 1.807) is 0 Å². The summed E-state index contributed by atoms with van der Waals surface area (Å²) in [5.41, 5.74) is 0.667. The van der Waals surface area contributed by atoms with Gasteiger partial charge in [0, 0.05) is 29.6 Å². The van der Waals surface area contributed by atoms with Gasteiger partial charge in [-0.3, -0.25) is 10.1 Å². The molecule has 3 aliphatic rings. The van der Waals surface area contributed by atoms with Gasteiger partial charge in [-0.2, -0.15) is 0 Å². The highest BCUT2D eigenvalue weighted by molar-refractivity contribution is 6.07. The summed E-state index contributed by atoms with van der Waals surface area (Å²) in [6.45, 7) is 0.208. The summed E-state index contributed by atoms with van der Waals surface area (Å²) in [5, 5.41) is 8.65. The number of amides is 3. The number of nitrogens with one attached hydrogen (secondary N) is 3. The van der Waals surface area contributed by atoms with Gasteiger partial charge in [-0.15, -0.1) is 0 Å². The molecule has 2 aliphatic carbocycles. The first-order valence-corrected chi connectivity index (χ1v) is 11.0. The molecule has 1 saturated heterocycles. The van der Waals surface area contributed by atoms with Crippen molar-refractivity contribution in [2.24, 2.45) is 0 Å². The summed E-state index contributed by atoms with van der Waals surface area (Å²) < 4.78 is 34.3. The second kappa shape index (κ2) is 8.16. The van der Waals surface area contributed by atoms with Gasteiger partial charge in [0.05, 0.1) is 0 Å². The van der Waals surface area contributed by atoms with Gasteiger partial charge in [-0.25, -0.2) is 13.6 Å². The van der Waals surface area contributed by atoms with Gasteiger partial charge >= 0.3 is 6.03 Å². The third-order valence-corrected chi connectivity index (χ3v) is 6.76. The SMILES string of the molecule is O=C1NC(=O)C2(CCC(N[C@@H]3C[C@H]3c3cc(F)cc(F)c3OCc3ccccc3)CC2)N1. The number of rotatable bonds is 6. The van der Waals surface area contributed by atoms with Crippen molar-refractivity contribution in [1.29, 1.82) is 0 Å². The lowest BCUT2D eigenvalue weighted by Gasteiger charge is -2.35. The monoisotopic (exact) mass is 441 g/mol. The zero-order valence-electron chi connectivity index (χ0n) is 17.5. The number of benzene rings is 2. The predicted molar refractivity (Wildman–Crippen MR) is 113 cm³/mol. The van der Waals surface area contributed by atoms with Crippen LogP contribution in [0.3, 0.4) is 0 Å². The van der Waals surface area contributed by atoms with Gasteiger partial charge in [0.2, 0.25) is 0 Å². The lowest BCUT2D eigenvalue weighted by atomic mass is 9.79. The molecule has 1 aliphatic heterocycles. The Bertz CT molecular complexity index is 1040. The first-order valence-electron chi connectivity index (χ1n) is 11.0. The van der Waals surface area contributed by atoms with Crippen molar-refractivity contribution in [3.8, 4) is 5.75 Å². The van der Waals surface area contributed by atoms with Crippen LogP contribution in [0.25, 0.3) is 0 Å². The van der Waals surface area contributed by atoms with Crippen LogP contribution in [0.4, 0.5) is 13.6 Å². The summed E-state index contributed by atoms with van der Waals surface area (Å²) in [6, 6.07) is 11.5. The average Bonchev–Trinajstić information content (AvgIpc) is 3.47. The van der Waals surface area contributed by atoms with Crippen LogP contribution in [0.15, 0.2) is 42.5 Å². The molecule has 0 aromatic heterocycles. The minimum atomic E-state index is -0.789. The molecule has 0 radical (unpaired) electrons. The van der Waals surface area contributed by atoms with E-state index in [1.165, 1.54) is 6.07 Å². The Hall–Kier alpha value is -3.00. The van der Waals surface area contributed by atoms with Crippen molar-refractivity contribution >= 4 is 11.9 Å². The third-order valence-electron chi connectivity index (χ3n) is 6.76. The maximum absolute atomic E-state index is 14.6. The molecule has 3 fully saturated rings. The molecule has 2 atom stereocenters. The van der Waals surface area contributed by atoms with Crippen molar-refractivity contribution in [2.45, 2.75) is 62.3 Å². The molecular weight excluding hydrogens is 416 g/mol. The summed E-state index contributed by atoms with van der Waals surface area (Å²) in [4.78, 5) is 23.6. The van der Waals surface area contributed by atoms with Crippen molar-refractivity contribution < 1.29 is 23.1 Å². The van der Waals surface area contributed by atoms with Crippen LogP contribution in [0.5, 0.6) is 5.75 Å². The van der Waals surface area contributed by atoms with Gasteiger partial charge in [0.1, 0.15) is 18.0 Å². The second-order valence-electron chi connectivity index (χ2n) is 8.96. The van der Waals surface area contributed by atoms with E-state index < -0.39 is 23.2 Å². The minimum Gasteiger partial charge on any atom is -0.486 e. The molecule has 2 saturated carbocycles. The number of imide groups is 1. The summed E-state index contributed by atoms with van der Waals surface area (Å²) in [5.74, 6) is -1.48. The van der Waals surface area contributed by atoms with E-state index in [0.717, 1.165) is 30.9 Å². The maximum Gasteiger partial charge on any atom is 0.322 e. The van der Waals surface area contributed by atoms with Crippen LogP contribution < -0.4 is 20.7 Å². The second-order valence-corrected chi connectivity index (χ2v) is 8.96. The van der Waals surface area contributed by atoms with E-state index in [1.807, 2.05) is 30.3 Å². The number of halogens is 2. The van der Waals surface area contributed by atoms with E-state index >= 15 is 0 Å². The van der Waals surface area contributed by atoms with E-state index in [-0.39, 0.29) is 36.3 Å². The zero-order chi connectivity index (χ0) is 22.3. The van der Waals surface area contributed by atoms with Crippen molar-refractivity contribution in [1.82, 2.24) is 16.0 Å². The van der Waals surface area contributed by atoms with Gasteiger partial charge in [0.25, 0.3) is 5.91 Å². The molecular formula is C24H25F2N3O3. The highest BCUT2D eigenvalue weighted by Gasteiger charge is 2.49. The fourth-order valence-corrected chi connectivity index (χ4v) is 4.92. The molecule has 0 bridgehead atoms. The Morgan fingerprint density at radius 2 is 1.84 bits per heavy atom. The molecule has 3 amide bonds. The molecule has 3 N–H and O–H groups in total. The van der Waals surface area contributed by atoms with E-state index in [0.29, 0.717) is 18.4 Å². The predicted octanol–water partition coefficient (Wildman–Crippen LogP) is 3.51. The van der Waals surface area contributed by atoms with Gasteiger partial charge in [-0.1, -0.05) is 30.3 Å². The van der Waals surface area contributed by atoms with Crippen molar-refractivity contribution in [3.05, 3.63) is 65.2 Å². The van der Waals surface area contributed by atoms with Crippen LogP contribution in [-0.4, -0.2) is 29.6 Å². The molecule has 1 spiro atoms. The highest BCUT2D eigenvalue weighted by Crippen LogP contribution is 2.47. The number of ether oxygens (including phenoxy) is 1. The fourth-order valence-electron chi connectivity index (χ4n) is 4.92. The molecule has 8 heteroatoms. The minimum absolute atomic E-state index is 0.0312. The largest absolute Gasteiger partial charge is 0.486 e. The van der Waals surface area contributed by atoms with Crippen LogP contribution >= 0.6 is 0 Å². The van der Waals surface area contributed by atoms with Crippen molar-refractivity contribution in [3.63, 3.8) is 0 Å². The van der Waals surface area contributed by atoms with Crippen LogP contribution in [0.2, 0.25) is 0 Å². The summed E-state index contributed by atoms with van der Waals surface area (Å²) in [6.07, 6.45) is 3.39. The Morgan fingerprint density at radius 3 is 2.53 bits per heavy atom. The van der Waals surface area contributed by atoms with E-state index in [9.17, 15) is 18.4 Å². The average molecular weight is 441 g/mol. The smallest absolute Gasteiger partial charge is 0.322 e. The number of urea groups is 1. The van der Waals surface area contributed by atoms with Crippen LogP contribution in [0, 0.1) is 11.6 Å². The molecule has 32 heavy (non-hydrogen) atoms. The summed E-state index contributed by atoms with van der Waals surface area (Å²) >= 11 is 0. The number of carbonyl (C=O) groups is 2. The number of hydrogen-bond acceptors (Lipinski definition) is 4. The standard InChI is InChI=1S/C24H25F2N3O3/c25-15-10-18(21(19(26)11-15)32-13-14-4-2-1-3-5-14)17-12-20(17)27-16-6-8-24(9-7-16)22(30)28-23(31)29-24/h1-5,10-11,16-17,20,27H,6-9,12-13H2,(H2,28,29,30,31)/t16?,17-,20+,24?/m0/s1. The zero-order valence-corrected chi connectivity index (χ0v) is 17.5. The molecule has 1 heterocycles. The number of carbonyl (C=O) groups excluding carboxylic acids is 2. The molecule has 168 valence electrons. The Kier molecular flexibility index (Phi) is 5.33. The Labute approximate surface area is 184 Å². The van der Waals surface area contributed by atoms with Crippen LogP contribution in [-0.2, 0) is 11.4 Å². The molecule has 6 nitrogen and oxygen atoms in total. The lowest BCUT2D eigenvalue weighted by Crippen LogP contribution is -2.52. The molecule has 2 aromatic carbocycles. The van der Waals surface area contributed by atoms with Gasteiger partial charge in [0.15, 0.2) is 11.6 Å². The Morgan fingerprint density at radius 1 is 1.09 bits per heavy atom. The van der Waals surface area contributed by atoms with E-state index in [2.05, 4.69) is 16.0 Å². The van der Waals surface area contributed by atoms with Crippen molar-refractivity contribution in [2.75, 3.05) is 0 Å². The molecule has 5 rings (SSSR count). The normalized spacial score (nSPS) is 29.0. The van der Waals surface area contributed by atoms with Gasteiger partial charge < -0.3 is 15.4 Å². The van der Waals surface area contributed by atoms with E-state index in [4.69, 9.17) is 4.74 Å².